The Hall–Kier alpha value is -0.650. The number of rotatable bonds is 3. The number of halogens is 2. The molecule has 0 amide bonds. The van der Waals surface area contributed by atoms with Crippen LogP contribution in [0.2, 0.25) is 0 Å². The van der Waals surface area contributed by atoms with Gasteiger partial charge in [0.1, 0.15) is 0 Å². The Kier molecular flexibility index (Phi) is 4.25. The number of hydrogen-bond donors (Lipinski definition) is 1. The molecule has 0 aliphatic heterocycles. The molecule has 2 rings (SSSR count). The van der Waals surface area contributed by atoms with Crippen molar-refractivity contribution < 1.29 is 5.11 Å². The molecule has 0 radical (unpaired) electrons. The van der Waals surface area contributed by atoms with E-state index in [1.54, 1.807) is 4.68 Å². The van der Waals surface area contributed by atoms with Crippen LogP contribution in [-0.4, -0.2) is 14.9 Å². The lowest BCUT2D eigenvalue weighted by Crippen LogP contribution is -2.07. The van der Waals surface area contributed by atoms with E-state index in [2.05, 4.69) is 37.0 Å². The van der Waals surface area contributed by atoms with Crippen LogP contribution in [0.4, 0.5) is 0 Å². The fourth-order valence-corrected chi connectivity index (χ4v) is 2.83. The molecule has 0 spiro atoms. The highest BCUT2D eigenvalue weighted by Gasteiger charge is 2.16. The fourth-order valence-electron chi connectivity index (χ4n) is 1.92. The largest absolute Gasteiger partial charge is 0.388 e. The second kappa shape index (κ2) is 5.55. The van der Waals surface area contributed by atoms with Crippen LogP contribution >= 0.6 is 31.9 Å². The highest BCUT2D eigenvalue weighted by molar-refractivity contribution is 9.10. The van der Waals surface area contributed by atoms with Gasteiger partial charge in [-0.2, -0.15) is 5.10 Å². The second-order valence-corrected chi connectivity index (χ2v) is 5.95. The Morgan fingerprint density at radius 1 is 1.39 bits per heavy atom. The molecule has 0 aliphatic carbocycles. The minimum Gasteiger partial charge on any atom is -0.388 e. The van der Waals surface area contributed by atoms with E-state index < -0.39 is 6.10 Å². The topological polar surface area (TPSA) is 38.0 Å². The van der Waals surface area contributed by atoms with Crippen molar-refractivity contribution in [1.29, 1.82) is 0 Å². The van der Waals surface area contributed by atoms with Gasteiger partial charge in [-0.05, 0) is 40.5 Å². The molecule has 1 aromatic heterocycles. The predicted molar refractivity (Wildman–Crippen MR) is 78.5 cm³/mol. The minimum atomic E-state index is -0.534. The molecule has 1 heterocycles. The van der Waals surface area contributed by atoms with Crippen molar-refractivity contribution in [2.45, 2.75) is 19.4 Å². The van der Waals surface area contributed by atoms with E-state index in [9.17, 15) is 5.11 Å². The molecule has 0 aliphatic rings. The van der Waals surface area contributed by atoms with E-state index >= 15 is 0 Å². The van der Waals surface area contributed by atoms with E-state index in [-0.39, 0.29) is 0 Å². The van der Waals surface area contributed by atoms with Crippen LogP contribution < -0.4 is 0 Å². The van der Waals surface area contributed by atoms with Crippen LogP contribution in [0.25, 0.3) is 0 Å². The molecular formula is C13H14Br2N2O. The van der Waals surface area contributed by atoms with Gasteiger partial charge in [0.25, 0.3) is 0 Å². The number of aromatic nitrogens is 2. The standard InChI is InChI=1S/C13H14Br2N2O/c1-8-13(15)11(17(2)16-8)7-12(18)9-4-3-5-10(14)6-9/h3-6,12,18H,7H2,1-2H3. The van der Waals surface area contributed by atoms with Gasteiger partial charge >= 0.3 is 0 Å². The van der Waals surface area contributed by atoms with Crippen LogP contribution in [0.15, 0.2) is 33.2 Å². The smallest absolute Gasteiger partial charge is 0.0846 e. The van der Waals surface area contributed by atoms with Gasteiger partial charge in [0.15, 0.2) is 0 Å². The maximum absolute atomic E-state index is 10.3. The van der Waals surface area contributed by atoms with Crippen LogP contribution in [0, 0.1) is 6.92 Å². The van der Waals surface area contributed by atoms with Crippen LogP contribution in [0.3, 0.4) is 0 Å². The average molecular weight is 374 g/mol. The first kappa shape index (κ1) is 13.8. The molecule has 0 bridgehead atoms. The summed E-state index contributed by atoms with van der Waals surface area (Å²) in [6.07, 6.45) is 0.00238. The summed E-state index contributed by atoms with van der Waals surface area (Å²) in [6, 6.07) is 7.72. The SMILES string of the molecule is Cc1nn(C)c(CC(O)c2cccc(Br)c2)c1Br. The van der Waals surface area contributed by atoms with Crippen molar-refractivity contribution in [2.75, 3.05) is 0 Å². The molecule has 5 heteroatoms. The first-order valence-electron chi connectivity index (χ1n) is 5.60. The van der Waals surface area contributed by atoms with Crippen molar-refractivity contribution >= 4 is 31.9 Å². The van der Waals surface area contributed by atoms with Gasteiger partial charge in [-0.3, -0.25) is 4.68 Å². The summed E-state index contributed by atoms with van der Waals surface area (Å²) < 4.78 is 3.75. The summed E-state index contributed by atoms with van der Waals surface area (Å²) in [6.45, 7) is 1.94. The zero-order valence-corrected chi connectivity index (χ0v) is 13.4. The summed E-state index contributed by atoms with van der Waals surface area (Å²) in [5.41, 5.74) is 2.84. The zero-order valence-electron chi connectivity index (χ0n) is 10.2. The number of aliphatic hydroxyl groups excluding tert-OH is 1. The Morgan fingerprint density at radius 2 is 2.11 bits per heavy atom. The molecule has 2 aromatic rings. The zero-order chi connectivity index (χ0) is 13.3. The molecule has 1 aromatic carbocycles. The molecule has 1 atom stereocenters. The van der Waals surface area contributed by atoms with Crippen molar-refractivity contribution in [3.8, 4) is 0 Å². The summed E-state index contributed by atoms with van der Waals surface area (Å²) >= 11 is 6.92. The summed E-state index contributed by atoms with van der Waals surface area (Å²) in [5, 5.41) is 14.6. The van der Waals surface area contributed by atoms with Gasteiger partial charge in [-0.1, -0.05) is 28.1 Å². The molecule has 96 valence electrons. The van der Waals surface area contributed by atoms with E-state index in [0.717, 1.165) is 25.9 Å². The molecule has 0 saturated heterocycles. The maximum Gasteiger partial charge on any atom is 0.0846 e. The third-order valence-electron chi connectivity index (χ3n) is 2.88. The normalized spacial score (nSPS) is 12.7. The average Bonchev–Trinajstić information content (AvgIpc) is 2.56. The third kappa shape index (κ3) is 2.84. The van der Waals surface area contributed by atoms with Crippen molar-refractivity contribution in [3.63, 3.8) is 0 Å². The van der Waals surface area contributed by atoms with Crippen molar-refractivity contribution in [3.05, 3.63) is 50.2 Å². The lowest BCUT2D eigenvalue weighted by atomic mass is 10.0. The molecular weight excluding hydrogens is 360 g/mol. The van der Waals surface area contributed by atoms with Gasteiger partial charge in [-0.25, -0.2) is 0 Å². The lowest BCUT2D eigenvalue weighted by Gasteiger charge is -2.12. The van der Waals surface area contributed by atoms with Crippen LogP contribution in [-0.2, 0) is 13.5 Å². The first-order chi connectivity index (χ1) is 8.49. The third-order valence-corrected chi connectivity index (χ3v) is 4.41. The highest BCUT2D eigenvalue weighted by atomic mass is 79.9. The minimum absolute atomic E-state index is 0.534. The van der Waals surface area contributed by atoms with Crippen LogP contribution in [0.1, 0.15) is 23.1 Å². The van der Waals surface area contributed by atoms with E-state index in [1.165, 1.54) is 0 Å². The highest BCUT2D eigenvalue weighted by Crippen LogP contribution is 2.26. The van der Waals surface area contributed by atoms with Crippen molar-refractivity contribution in [2.24, 2.45) is 7.05 Å². The van der Waals surface area contributed by atoms with E-state index in [1.807, 2.05) is 38.2 Å². The maximum atomic E-state index is 10.3. The quantitative estimate of drug-likeness (QED) is 0.893. The number of benzene rings is 1. The number of hydrogen-bond acceptors (Lipinski definition) is 2. The number of aliphatic hydroxyl groups is 1. The van der Waals surface area contributed by atoms with E-state index in [0.29, 0.717) is 6.42 Å². The van der Waals surface area contributed by atoms with Gasteiger partial charge in [0, 0.05) is 17.9 Å². The molecule has 0 fully saturated rings. The predicted octanol–water partition coefficient (Wildman–Crippen LogP) is 3.53. The van der Waals surface area contributed by atoms with E-state index in [4.69, 9.17) is 0 Å². The summed E-state index contributed by atoms with van der Waals surface area (Å²) in [7, 11) is 1.89. The number of nitrogens with zero attached hydrogens (tertiary/aromatic N) is 2. The summed E-state index contributed by atoms with van der Waals surface area (Å²) in [5.74, 6) is 0. The molecule has 1 N–H and O–H groups in total. The Balaban J connectivity index is 2.24. The molecule has 1 unspecified atom stereocenters. The lowest BCUT2D eigenvalue weighted by molar-refractivity contribution is 0.175. The van der Waals surface area contributed by atoms with Gasteiger partial charge < -0.3 is 5.11 Å². The molecule has 0 saturated carbocycles. The summed E-state index contributed by atoms with van der Waals surface area (Å²) in [4.78, 5) is 0. The first-order valence-corrected chi connectivity index (χ1v) is 7.19. The Labute approximate surface area is 123 Å². The number of aryl methyl sites for hydroxylation is 2. The van der Waals surface area contributed by atoms with Gasteiger partial charge in [0.05, 0.1) is 22.0 Å². The van der Waals surface area contributed by atoms with Crippen molar-refractivity contribution in [1.82, 2.24) is 9.78 Å². The van der Waals surface area contributed by atoms with Crippen LogP contribution in [0.5, 0.6) is 0 Å². The molecule has 3 nitrogen and oxygen atoms in total. The van der Waals surface area contributed by atoms with Gasteiger partial charge in [0.2, 0.25) is 0 Å². The molecule has 18 heavy (non-hydrogen) atoms. The monoisotopic (exact) mass is 372 g/mol. The fraction of sp³-hybridized carbons (Fsp3) is 0.308. The van der Waals surface area contributed by atoms with Gasteiger partial charge in [-0.15, -0.1) is 0 Å². The Bertz CT molecular complexity index is 566. The second-order valence-electron chi connectivity index (χ2n) is 4.24. The Morgan fingerprint density at radius 3 is 2.67 bits per heavy atom.